The lowest BCUT2D eigenvalue weighted by Gasteiger charge is -2.09. The Morgan fingerprint density at radius 1 is 1.38 bits per heavy atom. The molecule has 0 aliphatic rings. The van der Waals surface area contributed by atoms with Crippen LogP contribution in [0.4, 0.5) is 0 Å². The lowest BCUT2D eigenvalue weighted by Crippen LogP contribution is -2.06. The Hall–Kier alpha value is 0.180. The van der Waals surface area contributed by atoms with Gasteiger partial charge in [-0.2, -0.15) is 0 Å². The van der Waals surface area contributed by atoms with Crippen LogP contribution in [0.5, 0.6) is 5.75 Å². The average molecular weight is 401 g/mol. The van der Waals surface area contributed by atoms with Gasteiger partial charge in [-0.15, -0.1) is 6.58 Å². The van der Waals surface area contributed by atoms with Gasteiger partial charge in [0.05, 0.1) is 7.14 Å². The van der Waals surface area contributed by atoms with Crippen LogP contribution in [0, 0.1) is 7.14 Å². The molecule has 3 N–H and O–H groups in total. The molecule has 0 bridgehead atoms. The second-order valence-corrected chi connectivity index (χ2v) is 4.92. The Balaban J connectivity index is 3.20. The van der Waals surface area contributed by atoms with Crippen molar-refractivity contribution in [2.24, 2.45) is 5.73 Å². The van der Waals surface area contributed by atoms with E-state index < -0.39 is 0 Å². The molecule has 0 aromatic heterocycles. The molecule has 0 fully saturated rings. The summed E-state index contributed by atoms with van der Waals surface area (Å²) < 4.78 is 1.63. The molecule has 0 saturated heterocycles. The first kappa shape index (κ1) is 11.3. The molecular weight excluding hydrogens is 392 g/mol. The van der Waals surface area contributed by atoms with Crippen molar-refractivity contribution in [3.8, 4) is 5.75 Å². The van der Waals surface area contributed by atoms with Gasteiger partial charge in [0, 0.05) is 6.04 Å². The van der Waals surface area contributed by atoms with E-state index in [1.165, 1.54) is 0 Å². The molecule has 0 spiro atoms. The van der Waals surface area contributed by atoms with Crippen LogP contribution < -0.4 is 5.73 Å². The summed E-state index contributed by atoms with van der Waals surface area (Å²) in [7, 11) is 0. The van der Waals surface area contributed by atoms with Gasteiger partial charge in [0.2, 0.25) is 0 Å². The number of nitrogens with two attached hydrogens (primary N) is 1. The van der Waals surface area contributed by atoms with Crippen molar-refractivity contribution in [1.29, 1.82) is 0 Å². The summed E-state index contributed by atoms with van der Waals surface area (Å²) in [5, 5.41) is 9.50. The summed E-state index contributed by atoms with van der Waals surface area (Å²) in [6, 6.07) is 3.57. The molecule has 1 aromatic carbocycles. The fourth-order valence-corrected chi connectivity index (χ4v) is 2.73. The maximum atomic E-state index is 9.50. The number of rotatable bonds is 2. The van der Waals surface area contributed by atoms with Gasteiger partial charge in [0.1, 0.15) is 5.75 Å². The first-order valence-corrected chi connectivity index (χ1v) is 5.78. The smallest absolute Gasteiger partial charge is 0.142 e. The van der Waals surface area contributed by atoms with Gasteiger partial charge in [-0.05, 0) is 62.9 Å². The van der Waals surface area contributed by atoms with Crippen LogP contribution in [-0.4, -0.2) is 5.11 Å². The van der Waals surface area contributed by atoms with E-state index in [-0.39, 0.29) is 6.04 Å². The standard InChI is InChI=1S/C9H9I2NO/c1-2-8(12)5-3-6(10)9(13)7(11)4-5/h2-4,8,13H,1,12H2/t8-/m1/s1. The number of phenolic OH excluding ortho intramolecular Hbond substituents is 1. The number of aromatic hydroxyl groups is 1. The van der Waals surface area contributed by atoms with Crippen LogP contribution in [0.3, 0.4) is 0 Å². The third-order valence-electron chi connectivity index (χ3n) is 1.68. The summed E-state index contributed by atoms with van der Waals surface area (Å²) in [5.41, 5.74) is 6.75. The number of benzene rings is 1. The van der Waals surface area contributed by atoms with Crippen molar-refractivity contribution in [2.75, 3.05) is 0 Å². The zero-order valence-corrected chi connectivity index (χ0v) is 11.1. The molecule has 0 radical (unpaired) electrons. The Morgan fingerprint density at radius 3 is 2.23 bits per heavy atom. The highest BCUT2D eigenvalue weighted by Crippen LogP contribution is 2.29. The highest BCUT2D eigenvalue weighted by Gasteiger charge is 2.08. The van der Waals surface area contributed by atoms with Gasteiger partial charge in [-0.1, -0.05) is 6.08 Å². The number of hydrogen-bond donors (Lipinski definition) is 2. The predicted octanol–water partition coefficient (Wildman–Crippen LogP) is 2.79. The molecule has 4 heteroatoms. The lowest BCUT2D eigenvalue weighted by atomic mass is 10.1. The van der Waals surface area contributed by atoms with Crippen molar-refractivity contribution in [1.82, 2.24) is 0 Å². The maximum absolute atomic E-state index is 9.50. The van der Waals surface area contributed by atoms with Crippen LogP contribution >= 0.6 is 45.2 Å². The topological polar surface area (TPSA) is 46.2 Å². The Labute approximate surface area is 104 Å². The summed E-state index contributed by atoms with van der Waals surface area (Å²) in [6.07, 6.45) is 1.68. The van der Waals surface area contributed by atoms with Gasteiger partial charge in [-0.25, -0.2) is 0 Å². The molecular formula is C9H9I2NO. The normalized spacial score (nSPS) is 12.5. The van der Waals surface area contributed by atoms with Crippen molar-refractivity contribution in [3.05, 3.63) is 37.5 Å². The van der Waals surface area contributed by atoms with Crippen molar-refractivity contribution < 1.29 is 5.11 Å². The number of halogens is 2. The van der Waals surface area contributed by atoms with E-state index in [1.807, 2.05) is 12.1 Å². The quantitative estimate of drug-likeness (QED) is 0.592. The average Bonchev–Trinajstić information content (AvgIpc) is 2.12. The molecule has 0 aliphatic carbocycles. The fourth-order valence-electron chi connectivity index (χ4n) is 0.914. The van der Waals surface area contributed by atoms with Gasteiger partial charge >= 0.3 is 0 Å². The fraction of sp³-hybridized carbons (Fsp3) is 0.111. The molecule has 0 saturated carbocycles. The first-order chi connectivity index (χ1) is 6.06. The van der Waals surface area contributed by atoms with Gasteiger partial charge in [0.25, 0.3) is 0 Å². The molecule has 0 heterocycles. The van der Waals surface area contributed by atoms with Crippen LogP contribution in [0.2, 0.25) is 0 Å². The van der Waals surface area contributed by atoms with E-state index in [2.05, 4.69) is 51.8 Å². The monoisotopic (exact) mass is 401 g/mol. The van der Waals surface area contributed by atoms with Crippen LogP contribution in [0.15, 0.2) is 24.8 Å². The molecule has 2 nitrogen and oxygen atoms in total. The highest BCUT2D eigenvalue weighted by molar-refractivity contribution is 14.1. The molecule has 0 unspecified atom stereocenters. The van der Waals surface area contributed by atoms with E-state index in [4.69, 9.17) is 5.73 Å². The van der Waals surface area contributed by atoms with Gasteiger partial charge < -0.3 is 10.8 Å². The zero-order chi connectivity index (χ0) is 10.0. The number of phenols is 1. The molecule has 13 heavy (non-hydrogen) atoms. The first-order valence-electron chi connectivity index (χ1n) is 3.62. The van der Waals surface area contributed by atoms with Crippen LogP contribution in [-0.2, 0) is 0 Å². The van der Waals surface area contributed by atoms with Gasteiger partial charge in [0.15, 0.2) is 0 Å². The van der Waals surface area contributed by atoms with E-state index in [9.17, 15) is 5.11 Å². The SMILES string of the molecule is C=C[C@@H](N)c1cc(I)c(O)c(I)c1. The highest BCUT2D eigenvalue weighted by atomic mass is 127. The summed E-state index contributed by atoms with van der Waals surface area (Å²) in [5.74, 6) is 0.321. The van der Waals surface area contributed by atoms with E-state index in [1.54, 1.807) is 6.08 Å². The van der Waals surface area contributed by atoms with E-state index in [0.29, 0.717) is 5.75 Å². The molecule has 0 aliphatic heterocycles. The molecule has 1 atom stereocenters. The predicted molar refractivity (Wildman–Crippen MR) is 70.7 cm³/mol. The molecule has 0 amide bonds. The van der Waals surface area contributed by atoms with E-state index in [0.717, 1.165) is 12.7 Å². The van der Waals surface area contributed by atoms with Crippen molar-refractivity contribution >= 4 is 45.2 Å². The second-order valence-electron chi connectivity index (χ2n) is 2.59. The summed E-state index contributed by atoms with van der Waals surface area (Å²) >= 11 is 4.16. The second kappa shape index (κ2) is 4.61. The largest absolute Gasteiger partial charge is 0.506 e. The van der Waals surface area contributed by atoms with Gasteiger partial charge in [-0.3, -0.25) is 0 Å². The lowest BCUT2D eigenvalue weighted by molar-refractivity contribution is 0.467. The summed E-state index contributed by atoms with van der Waals surface area (Å²) in [6.45, 7) is 3.63. The van der Waals surface area contributed by atoms with Crippen molar-refractivity contribution in [2.45, 2.75) is 6.04 Å². The molecule has 1 rings (SSSR count). The van der Waals surface area contributed by atoms with Crippen LogP contribution in [0.1, 0.15) is 11.6 Å². The van der Waals surface area contributed by atoms with Crippen molar-refractivity contribution in [3.63, 3.8) is 0 Å². The third kappa shape index (κ3) is 2.57. The Kier molecular flexibility index (Phi) is 3.99. The minimum absolute atomic E-state index is 0.164. The zero-order valence-electron chi connectivity index (χ0n) is 6.80. The number of hydrogen-bond acceptors (Lipinski definition) is 2. The summed E-state index contributed by atoms with van der Waals surface area (Å²) in [4.78, 5) is 0. The molecule has 1 aromatic rings. The Bertz CT molecular complexity index is 315. The minimum Gasteiger partial charge on any atom is -0.506 e. The van der Waals surface area contributed by atoms with Crippen LogP contribution in [0.25, 0.3) is 0 Å². The maximum Gasteiger partial charge on any atom is 0.142 e. The third-order valence-corrected chi connectivity index (χ3v) is 3.32. The minimum atomic E-state index is -0.164. The molecule has 70 valence electrons. The Morgan fingerprint density at radius 2 is 1.85 bits per heavy atom. The van der Waals surface area contributed by atoms with E-state index >= 15 is 0 Å².